The van der Waals surface area contributed by atoms with E-state index in [2.05, 4.69) is 31.2 Å². The number of hydrazone groups is 1. The Kier molecular flexibility index (Phi) is 10.1. The van der Waals surface area contributed by atoms with Crippen LogP contribution in [0.25, 0.3) is 0 Å². The molecule has 0 aliphatic carbocycles. The number of nitrogens with zero attached hydrogens (tertiary/aromatic N) is 2. The number of amides is 1. The summed E-state index contributed by atoms with van der Waals surface area (Å²) in [7, 11) is -7.79. The first-order valence-electron chi connectivity index (χ1n) is 12.0. The third-order valence-electron chi connectivity index (χ3n) is 5.60. The second-order valence-corrected chi connectivity index (χ2v) is 13.6. The average molecular weight is 680 g/mol. The van der Waals surface area contributed by atoms with E-state index in [0.29, 0.717) is 16.3 Å². The number of halogens is 2. The summed E-state index contributed by atoms with van der Waals surface area (Å²) < 4.78 is 61.3. The highest BCUT2D eigenvalue weighted by atomic mass is 79.9. The van der Waals surface area contributed by atoms with Gasteiger partial charge in [0.05, 0.1) is 29.1 Å². The van der Waals surface area contributed by atoms with E-state index in [1.54, 1.807) is 48.5 Å². The molecule has 2 N–H and O–H groups in total. The van der Waals surface area contributed by atoms with Crippen LogP contribution < -0.4 is 10.1 Å². The van der Waals surface area contributed by atoms with E-state index < -0.39 is 32.5 Å². The zero-order valence-electron chi connectivity index (χ0n) is 21.3. The molecule has 0 saturated heterocycles. The van der Waals surface area contributed by atoms with Crippen molar-refractivity contribution in [1.82, 2.24) is 14.5 Å². The predicted molar refractivity (Wildman–Crippen MR) is 158 cm³/mol. The van der Waals surface area contributed by atoms with Gasteiger partial charge in [0, 0.05) is 16.0 Å². The van der Waals surface area contributed by atoms with Gasteiger partial charge in [-0.05, 0) is 66.2 Å². The lowest BCUT2D eigenvalue weighted by Gasteiger charge is -2.21. The van der Waals surface area contributed by atoms with Crippen LogP contribution in [0.15, 0.2) is 115 Å². The van der Waals surface area contributed by atoms with Crippen LogP contribution in [-0.4, -0.2) is 39.8 Å². The van der Waals surface area contributed by atoms with Gasteiger partial charge in [0.15, 0.2) is 0 Å². The lowest BCUT2D eigenvalue weighted by Crippen LogP contribution is -2.39. The second kappa shape index (κ2) is 13.6. The van der Waals surface area contributed by atoms with E-state index in [9.17, 15) is 21.6 Å². The van der Waals surface area contributed by atoms with E-state index in [0.717, 1.165) is 8.78 Å². The van der Waals surface area contributed by atoms with Gasteiger partial charge in [-0.2, -0.15) is 9.41 Å². The lowest BCUT2D eigenvalue weighted by atomic mass is 10.2. The number of furan rings is 1. The summed E-state index contributed by atoms with van der Waals surface area (Å²) in [6, 6.07) is 23.9. The number of nitrogens with one attached hydrogen (secondary N) is 2. The minimum Gasteiger partial charge on any atom is -0.459 e. The molecular weight excluding hydrogens is 656 g/mol. The van der Waals surface area contributed by atoms with Crippen LogP contribution in [0.4, 0.5) is 0 Å². The maximum Gasteiger partial charge on any atom is 0.255 e. The van der Waals surface area contributed by atoms with Gasteiger partial charge < -0.3 is 4.42 Å². The molecule has 1 aromatic heterocycles. The molecule has 214 valence electrons. The number of benzene rings is 3. The Morgan fingerprint density at radius 1 is 0.902 bits per heavy atom. The number of hydrogen-bond donors (Lipinski definition) is 2. The fraction of sp³-hybridized carbons (Fsp3) is 0.111. The number of carbonyl (C=O) groups excluding carboxylic acids is 1. The lowest BCUT2D eigenvalue weighted by molar-refractivity contribution is -0.121. The molecule has 0 bridgehead atoms. The van der Waals surface area contributed by atoms with Crippen molar-refractivity contribution in [3.05, 3.63) is 118 Å². The molecule has 0 saturated carbocycles. The second-order valence-electron chi connectivity index (χ2n) is 8.59. The first-order chi connectivity index (χ1) is 19.5. The maximum atomic E-state index is 13.3. The van der Waals surface area contributed by atoms with Crippen LogP contribution in [0.5, 0.6) is 0 Å². The molecule has 0 radical (unpaired) electrons. The normalized spacial score (nSPS) is 12.2. The summed E-state index contributed by atoms with van der Waals surface area (Å²) in [4.78, 5) is 12.8. The van der Waals surface area contributed by atoms with Gasteiger partial charge in [-0.1, -0.05) is 57.9 Å². The van der Waals surface area contributed by atoms with Crippen LogP contribution in [0.1, 0.15) is 17.1 Å². The van der Waals surface area contributed by atoms with E-state index in [4.69, 9.17) is 16.0 Å². The van der Waals surface area contributed by atoms with Crippen molar-refractivity contribution in [2.45, 2.75) is 22.9 Å². The van der Waals surface area contributed by atoms with Crippen LogP contribution in [0.2, 0.25) is 5.02 Å². The van der Waals surface area contributed by atoms with Crippen LogP contribution in [0.3, 0.4) is 0 Å². The zero-order chi connectivity index (χ0) is 29.5. The zero-order valence-corrected chi connectivity index (χ0v) is 25.3. The third-order valence-corrected chi connectivity index (χ3v) is 9.60. The molecule has 4 aromatic rings. The van der Waals surface area contributed by atoms with Crippen molar-refractivity contribution >= 4 is 59.7 Å². The van der Waals surface area contributed by atoms with Crippen molar-refractivity contribution < 1.29 is 26.0 Å². The third kappa shape index (κ3) is 8.58. The van der Waals surface area contributed by atoms with E-state index >= 15 is 0 Å². The van der Waals surface area contributed by atoms with Crippen LogP contribution in [0, 0.1) is 0 Å². The molecule has 14 heteroatoms. The van der Waals surface area contributed by atoms with Gasteiger partial charge in [-0.3, -0.25) is 4.79 Å². The van der Waals surface area contributed by atoms with Crippen LogP contribution in [-0.2, 0) is 37.9 Å². The summed E-state index contributed by atoms with van der Waals surface area (Å²) >= 11 is 9.10. The predicted octanol–water partition coefficient (Wildman–Crippen LogP) is 4.52. The molecule has 41 heavy (non-hydrogen) atoms. The molecule has 0 atom stereocenters. The highest BCUT2D eigenvalue weighted by Crippen LogP contribution is 2.21. The average Bonchev–Trinajstić information content (AvgIpc) is 3.40. The number of hydrogen-bond acceptors (Lipinski definition) is 7. The molecule has 0 spiro atoms. The molecule has 4 rings (SSSR count). The molecule has 0 unspecified atom stereocenters. The molecule has 1 heterocycles. The Labute approximate surface area is 251 Å². The summed E-state index contributed by atoms with van der Waals surface area (Å²) in [5.41, 5.74) is 3.01. The van der Waals surface area contributed by atoms with Crippen molar-refractivity contribution in [2.24, 2.45) is 5.10 Å². The first-order valence-corrected chi connectivity index (χ1v) is 16.1. The summed E-state index contributed by atoms with van der Waals surface area (Å²) in [5, 5.41) is 4.27. The number of sulfonamides is 2. The highest BCUT2D eigenvalue weighted by Gasteiger charge is 2.27. The van der Waals surface area contributed by atoms with Crippen molar-refractivity contribution in [2.75, 3.05) is 6.54 Å². The quantitative estimate of drug-likeness (QED) is 0.167. The fourth-order valence-corrected chi connectivity index (χ4v) is 6.32. The smallest absolute Gasteiger partial charge is 0.255 e. The van der Waals surface area contributed by atoms with E-state index in [1.807, 2.05) is 6.07 Å². The molecule has 3 aromatic carbocycles. The molecule has 0 fully saturated rings. The van der Waals surface area contributed by atoms with Gasteiger partial charge >= 0.3 is 0 Å². The van der Waals surface area contributed by atoms with Gasteiger partial charge in [-0.15, -0.1) is 0 Å². The van der Waals surface area contributed by atoms with Gasteiger partial charge in [0.25, 0.3) is 5.91 Å². The number of rotatable bonds is 12. The maximum absolute atomic E-state index is 13.3. The monoisotopic (exact) mass is 678 g/mol. The van der Waals surface area contributed by atoms with Crippen molar-refractivity contribution in [3.8, 4) is 0 Å². The molecule has 1 amide bonds. The summed E-state index contributed by atoms with van der Waals surface area (Å²) in [5.74, 6) is -0.111. The Balaban J connectivity index is 1.37. The first kappa shape index (κ1) is 30.6. The fourth-order valence-electron chi connectivity index (χ4n) is 3.55. The molecule has 0 aliphatic rings. The Hall–Kier alpha value is -3.33. The topological polar surface area (TPSA) is 138 Å². The SMILES string of the molecule is O=C(CN(Cc1ccccc1)S(=O)(=O)c1ccc(Br)cc1)N/N=C\c1ccc(CNS(=O)(=O)c2ccc(Cl)cc2)o1. The summed E-state index contributed by atoms with van der Waals surface area (Å²) in [6.45, 7) is -0.627. The Bertz CT molecular complexity index is 1730. The van der Waals surface area contributed by atoms with Crippen molar-refractivity contribution in [1.29, 1.82) is 0 Å². The van der Waals surface area contributed by atoms with Crippen molar-refractivity contribution in [3.63, 3.8) is 0 Å². The highest BCUT2D eigenvalue weighted by molar-refractivity contribution is 9.10. The Morgan fingerprint density at radius 3 is 2.24 bits per heavy atom. The minimum absolute atomic E-state index is 0.0240. The number of carbonyl (C=O) groups is 1. The van der Waals surface area contributed by atoms with Gasteiger partial charge in [-0.25, -0.2) is 27.0 Å². The summed E-state index contributed by atoms with van der Waals surface area (Å²) in [6.07, 6.45) is 1.22. The minimum atomic E-state index is -4.01. The molecule has 0 aliphatic heterocycles. The molecule has 10 nitrogen and oxygen atoms in total. The standard InChI is InChI=1S/C27H24BrClN4O6S2/c28-21-6-12-26(13-7-21)41(37,38)33(18-20-4-2-1-3-5-20)19-27(34)32-30-16-23-10-11-24(39-23)17-31-40(35,36)25-14-8-22(29)9-15-25/h1-16,31H,17-19H2,(H,32,34)/b30-16-. The van der Waals surface area contributed by atoms with Gasteiger partial charge in [0.1, 0.15) is 11.5 Å². The molecular formula is C27H24BrClN4O6S2. The van der Waals surface area contributed by atoms with Crippen LogP contribution >= 0.6 is 27.5 Å². The van der Waals surface area contributed by atoms with E-state index in [-0.39, 0.29) is 28.6 Å². The Morgan fingerprint density at radius 2 is 1.56 bits per heavy atom. The van der Waals surface area contributed by atoms with E-state index in [1.165, 1.54) is 42.6 Å². The van der Waals surface area contributed by atoms with Gasteiger partial charge in [0.2, 0.25) is 20.0 Å². The largest absolute Gasteiger partial charge is 0.459 e.